The lowest BCUT2D eigenvalue weighted by Crippen LogP contribution is -2.15. The molecule has 0 aliphatic carbocycles. The minimum Gasteiger partial charge on any atom is -0.370 e. The second-order valence-electron chi connectivity index (χ2n) is 5.38. The molecule has 0 bridgehead atoms. The van der Waals surface area contributed by atoms with Crippen LogP contribution in [0, 0.1) is 0 Å². The highest BCUT2D eigenvalue weighted by Gasteiger charge is 2.32. The van der Waals surface area contributed by atoms with Crippen molar-refractivity contribution in [3.05, 3.63) is 65.7 Å². The molecule has 0 aliphatic heterocycles. The predicted molar refractivity (Wildman–Crippen MR) is 106 cm³/mol. The average molecular weight is 363 g/mol. The van der Waals surface area contributed by atoms with E-state index in [1.807, 2.05) is 32.0 Å². The molecule has 3 nitrogen and oxygen atoms in total. The van der Waals surface area contributed by atoms with Gasteiger partial charge in [-0.2, -0.15) is 0 Å². The number of anilines is 1. The Balaban J connectivity index is 2.36. The summed E-state index contributed by atoms with van der Waals surface area (Å²) in [5, 5.41) is 3.55. The third kappa shape index (κ3) is 4.90. The first-order valence-electron chi connectivity index (χ1n) is 8.42. The molecule has 0 radical (unpaired) electrons. The summed E-state index contributed by atoms with van der Waals surface area (Å²) in [6, 6.07) is 18.6. The molecule has 24 heavy (non-hydrogen) atoms. The molecule has 0 amide bonds. The zero-order valence-corrected chi connectivity index (χ0v) is 16.3. The monoisotopic (exact) mass is 363 g/mol. The van der Waals surface area contributed by atoms with Crippen LogP contribution in [0.25, 0.3) is 0 Å². The molecule has 130 valence electrons. The van der Waals surface area contributed by atoms with E-state index < -0.39 is 6.49 Å². The van der Waals surface area contributed by atoms with Gasteiger partial charge in [-0.25, -0.2) is 0 Å². The summed E-state index contributed by atoms with van der Waals surface area (Å²) in [4.78, 5) is 0. The zero-order valence-electron chi connectivity index (χ0n) is 14.6. The fraction of sp³-hybridized carbons (Fsp3) is 0.368. The number of hydrogen-bond acceptors (Lipinski definition) is 4. The molecule has 2 rings (SSSR count). The summed E-state index contributed by atoms with van der Waals surface area (Å²) in [7, 11) is 0. The zero-order chi connectivity index (χ0) is 17.4. The maximum atomic E-state index is 5.94. The molecule has 0 fully saturated rings. The van der Waals surface area contributed by atoms with Crippen LogP contribution in [0.5, 0.6) is 0 Å². The SMILES string of the molecule is CCOP(=S)(OCC)C(Nc1ccc(CC)cc1)c1ccccc1. The van der Waals surface area contributed by atoms with E-state index in [9.17, 15) is 0 Å². The Labute approximate surface area is 150 Å². The van der Waals surface area contributed by atoms with Crippen LogP contribution in [-0.4, -0.2) is 13.2 Å². The van der Waals surface area contributed by atoms with Crippen molar-refractivity contribution in [3.8, 4) is 0 Å². The van der Waals surface area contributed by atoms with Crippen molar-refractivity contribution in [2.24, 2.45) is 0 Å². The molecule has 0 saturated carbocycles. The quantitative estimate of drug-likeness (QED) is 0.575. The Morgan fingerprint density at radius 3 is 2.00 bits per heavy atom. The largest absolute Gasteiger partial charge is 0.370 e. The predicted octanol–water partition coefficient (Wildman–Crippen LogP) is 5.74. The first-order valence-corrected chi connectivity index (χ1v) is 11.1. The molecule has 0 aliphatic rings. The van der Waals surface area contributed by atoms with Gasteiger partial charge in [0.05, 0.1) is 13.2 Å². The highest BCUT2D eigenvalue weighted by molar-refractivity contribution is 8.10. The fourth-order valence-corrected chi connectivity index (χ4v) is 5.61. The highest BCUT2D eigenvalue weighted by atomic mass is 32.5. The Bertz CT molecular complexity index is 651. The smallest absolute Gasteiger partial charge is 0.215 e. The van der Waals surface area contributed by atoms with Gasteiger partial charge in [-0.1, -0.05) is 49.4 Å². The van der Waals surface area contributed by atoms with Gasteiger partial charge in [0.15, 0.2) is 0 Å². The summed E-state index contributed by atoms with van der Waals surface area (Å²) in [6.07, 6.45) is 1.03. The van der Waals surface area contributed by atoms with Crippen LogP contribution in [0.15, 0.2) is 54.6 Å². The Morgan fingerprint density at radius 2 is 1.50 bits per heavy atom. The van der Waals surface area contributed by atoms with Crippen molar-refractivity contribution >= 4 is 24.0 Å². The molecule has 0 heterocycles. The molecule has 5 heteroatoms. The molecule has 0 saturated heterocycles. The third-order valence-electron chi connectivity index (χ3n) is 3.72. The normalized spacial score (nSPS) is 12.8. The minimum atomic E-state index is -2.51. The topological polar surface area (TPSA) is 30.5 Å². The van der Waals surface area contributed by atoms with Crippen LogP contribution in [0.2, 0.25) is 0 Å². The Morgan fingerprint density at radius 1 is 0.917 bits per heavy atom. The van der Waals surface area contributed by atoms with Gasteiger partial charge >= 0.3 is 0 Å². The van der Waals surface area contributed by atoms with Crippen LogP contribution in [0.4, 0.5) is 5.69 Å². The summed E-state index contributed by atoms with van der Waals surface area (Å²) < 4.78 is 11.9. The third-order valence-corrected chi connectivity index (χ3v) is 7.28. The Hall–Kier alpha value is -1.19. The number of benzene rings is 2. The van der Waals surface area contributed by atoms with Gasteiger partial charge in [-0.15, -0.1) is 0 Å². The van der Waals surface area contributed by atoms with Crippen molar-refractivity contribution < 1.29 is 9.05 Å². The summed E-state index contributed by atoms with van der Waals surface area (Å²) >= 11 is 5.86. The fourth-order valence-electron chi connectivity index (χ4n) is 2.52. The van der Waals surface area contributed by atoms with E-state index in [2.05, 4.69) is 48.6 Å². The second-order valence-corrected chi connectivity index (χ2v) is 9.02. The van der Waals surface area contributed by atoms with Gasteiger partial charge in [0.2, 0.25) is 6.49 Å². The van der Waals surface area contributed by atoms with Crippen molar-refractivity contribution in [1.29, 1.82) is 0 Å². The van der Waals surface area contributed by atoms with E-state index in [1.165, 1.54) is 5.56 Å². The van der Waals surface area contributed by atoms with Gasteiger partial charge in [0.25, 0.3) is 0 Å². The summed E-state index contributed by atoms with van der Waals surface area (Å²) in [5.41, 5.74) is 3.42. The number of aryl methyl sites for hydroxylation is 1. The van der Waals surface area contributed by atoms with E-state index >= 15 is 0 Å². The summed E-state index contributed by atoms with van der Waals surface area (Å²) in [6.45, 7) is 4.63. The number of hydrogen-bond donors (Lipinski definition) is 1. The molecule has 0 aromatic heterocycles. The maximum absolute atomic E-state index is 5.94. The lowest BCUT2D eigenvalue weighted by Gasteiger charge is -2.31. The molecule has 0 spiro atoms. The van der Waals surface area contributed by atoms with Crippen molar-refractivity contribution in [3.63, 3.8) is 0 Å². The molecule has 2 aromatic carbocycles. The van der Waals surface area contributed by atoms with Crippen molar-refractivity contribution in [1.82, 2.24) is 0 Å². The average Bonchev–Trinajstić information content (AvgIpc) is 2.61. The minimum absolute atomic E-state index is 0.180. The standard InChI is InChI=1S/C19H26NO2PS/c1-4-16-12-14-18(15-13-16)20-19(17-10-8-7-9-11-17)23(24,21-5-2)22-6-3/h7-15,19-20H,4-6H2,1-3H3. The molecule has 1 unspecified atom stereocenters. The van der Waals surface area contributed by atoms with Crippen LogP contribution < -0.4 is 5.32 Å². The van der Waals surface area contributed by atoms with E-state index in [-0.39, 0.29) is 5.78 Å². The lowest BCUT2D eigenvalue weighted by atomic mass is 10.1. The van der Waals surface area contributed by atoms with Gasteiger partial charge in [-0.05, 0) is 55.3 Å². The maximum Gasteiger partial charge on any atom is 0.215 e. The number of rotatable bonds is 9. The van der Waals surface area contributed by atoms with Crippen molar-refractivity contribution in [2.75, 3.05) is 18.5 Å². The van der Waals surface area contributed by atoms with E-state index in [0.717, 1.165) is 17.7 Å². The molecule has 1 N–H and O–H groups in total. The van der Waals surface area contributed by atoms with Crippen LogP contribution in [0.3, 0.4) is 0 Å². The van der Waals surface area contributed by atoms with Crippen molar-refractivity contribution in [2.45, 2.75) is 33.0 Å². The van der Waals surface area contributed by atoms with Gasteiger partial charge in [0, 0.05) is 5.69 Å². The Kier molecular flexibility index (Phi) is 7.44. The highest BCUT2D eigenvalue weighted by Crippen LogP contribution is 2.61. The van der Waals surface area contributed by atoms with Crippen LogP contribution in [0.1, 0.15) is 37.7 Å². The second kappa shape index (κ2) is 9.33. The molecular weight excluding hydrogens is 337 g/mol. The lowest BCUT2D eigenvalue weighted by molar-refractivity contribution is 0.261. The van der Waals surface area contributed by atoms with E-state index in [0.29, 0.717) is 13.2 Å². The van der Waals surface area contributed by atoms with Crippen LogP contribution >= 0.6 is 6.49 Å². The first kappa shape index (κ1) is 19.1. The molecular formula is C19H26NO2PS. The molecule has 2 aromatic rings. The van der Waals surface area contributed by atoms with Crippen LogP contribution in [-0.2, 0) is 27.3 Å². The van der Waals surface area contributed by atoms with E-state index in [1.54, 1.807) is 0 Å². The molecule has 1 atom stereocenters. The van der Waals surface area contributed by atoms with Gasteiger partial charge in [-0.3, -0.25) is 0 Å². The summed E-state index contributed by atoms with van der Waals surface area (Å²) in [5.74, 6) is -0.180. The first-order chi connectivity index (χ1) is 11.6. The van der Waals surface area contributed by atoms with Gasteiger partial charge < -0.3 is 14.4 Å². The van der Waals surface area contributed by atoms with Gasteiger partial charge in [0.1, 0.15) is 5.78 Å². The number of nitrogens with one attached hydrogen (secondary N) is 1. The van der Waals surface area contributed by atoms with E-state index in [4.69, 9.17) is 20.9 Å².